The topological polar surface area (TPSA) is 63.6 Å². The van der Waals surface area contributed by atoms with Gasteiger partial charge in [-0.2, -0.15) is 0 Å². The molecular formula is C14H12O4. The second-order valence-corrected chi connectivity index (χ2v) is 5.26. The smallest absolute Gasteiger partial charge is 0.345 e. The molecule has 4 heteroatoms. The molecule has 1 heterocycles. The van der Waals surface area contributed by atoms with Crippen LogP contribution < -0.4 is 0 Å². The lowest BCUT2D eigenvalue weighted by Crippen LogP contribution is -2.22. The van der Waals surface area contributed by atoms with Gasteiger partial charge in [0.05, 0.1) is 11.1 Å². The lowest BCUT2D eigenvalue weighted by molar-refractivity contribution is 0.0664. The van der Waals surface area contributed by atoms with Gasteiger partial charge in [-0.05, 0) is 29.5 Å². The predicted octanol–water partition coefficient (Wildman–Crippen LogP) is 2.58. The first kappa shape index (κ1) is 11.0. The maximum absolute atomic E-state index is 11.8. The zero-order valence-electron chi connectivity index (χ0n) is 10.1. The molecule has 1 N–H and O–H groups in total. The fourth-order valence-electron chi connectivity index (χ4n) is 2.62. The van der Waals surface area contributed by atoms with E-state index in [1.165, 1.54) is 6.07 Å². The molecule has 0 bridgehead atoms. The Morgan fingerprint density at radius 1 is 1.33 bits per heavy atom. The normalized spacial score (nSPS) is 19.0. The number of carbonyl (C=O) groups excluding carboxylic acids is 1. The number of aromatic carboxylic acids is 1. The van der Waals surface area contributed by atoms with Crippen molar-refractivity contribution in [2.75, 3.05) is 0 Å². The molecule has 0 fully saturated rings. The van der Waals surface area contributed by atoms with E-state index in [0.29, 0.717) is 11.3 Å². The highest BCUT2D eigenvalue weighted by Crippen LogP contribution is 2.45. The molecule has 1 aromatic rings. The van der Waals surface area contributed by atoms with Crippen molar-refractivity contribution in [2.24, 2.45) is 0 Å². The number of hydrogen-bond acceptors (Lipinski definition) is 3. The second-order valence-electron chi connectivity index (χ2n) is 5.26. The highest BCUT2D eigenvalue weighted by molar-refractivity contribution is 6.11. The third kappa shape index (κ3) is 1.26. The van der Waals surface area contributed by atoms with Crippen LogP contribution in [-0.2, 0) is 10.2 Å². The monoisotopic (exact) mass is 244 g/mol. The Morgan fingerprint density at radius 3 is 2.72 bits per heavy atom. The minimum Gasteiger partial charge on any atom is -0.478 e. The van der Waals surface area contributed by atoms with Crippen molar-refractivity contribution < 1.29 is 19.4 Å². The summed E-state index contributed by atoms with van der Waals surface area (Å²) >= 11 is 0. The van der Waals surface area contributed by atoms with Crippen molar-refractivity contribution >= 4 is 17.7 Å². The molecule has 4 nitrogen and oxygen atoms in total. The lowest BCUT2D eigenvalue weighted by atomic mass is 9.74. The van der Waals surface area contributed by atoms with Gasteiger partial charge in [0, 0.05) is 5.56 Å². The number of hydrogen-bond donors (Lipinski definition) is 1. The SMILES string of the molecule is CC1(C)CC=C2OC(=O)c3c(C(=O)O)ccc1c32. The lowest BCUT2D eigenvalue weighted by Gasteiger charge is -2.29. The molecule has 3 rings (SSSR count). The molecule has 1 aromatic carbocycles. The largest absolute Gasteiger partial charge is 0.478 e. The predicted molar refractivity (Wildman–Crippen MR) is 64.4 cm³/mol. The van der Waals surface area contributed by atoms with E-state index in [1.54, 1.807) is 6.07 Å². The number of ether oxygens (including phenoxy) is 1. The highest BCUT2D eigenvalue weighted by atomic mass is 16.5. The summed E-state index contributed by atoms with van der Waals surface area (Å²) in [4.78, 5) is 23.0. The molecule has 0 atom stereocenters. The van der Waals surface area contributed by atoms with Gasteiger partial charge in [-0.25, -0.2) is 9.59 Å². The van der Waals surface area contributed by atoms with Crippen LogP contribution in [0.4, 0.5) is 0 Å². The van der Waals surface area contributed by atoms with Gasteiger partial charge in [-0.3, -0.25) is 0 Å². The van der Waals surface area contributed by atoms with Crippen LogP contribution in [0.15, 0.2) is 18.2 Å². The van der Waals surface area contributed by atoms with Crippen molar-refractivity contribution in [3.05, 3.63) is 40.5 Å². The van der Waals surface area contributed by atoms with E-state index in [4.69, 9.17) is 9.84 Å². The summed E-state index contributed by atoms with van der Waals surface area (Å²) in [5.74, 6) is -1.16. The molecule has 1 aliphatic carbocycles. The molecule has 2 aliphatic rings. The van der Waals surface area contributed by atoms with Gasteiger partial charge >= 0.3 is 11.9 Å². The Balaban J connectivity index is 2.39. The van der Waals surface area contributed by atoms with Gasteiger partial charge in [0.2, 0.25) is 0 Å². The Hall–Kier alpha value is -2.10. The third-order valence-electron chi connectivity index (χ3n) is 3.62. The fraction of sp³-hybridized carbons (Fsp3) is 0.286. The van der Waals surface area contributed by atoms with Crippen LogP contribution in [-0.4, -0.2) is 17.0 Å². The number of allylic oxidation sites excluding steroid dienone is 1. The van der Waals surface area contributed by atoms with Gasteiger partial charge in [-0.15, -0.1) is 0 Å². The zero-order chi connectivity index (χ0) is 13.1. The van der Waals surface area contributed by atoms with Crippen molar-refractivity contribution in [3.63, 3.8) is 0 Å². The standard InChI is InChI=1S/C14H12O4/c1-14(2)6-5-9-11-8(14)4-3-7(12(15)16)10(11)13(17)18-9/h3-5H,6H2,1-2H3,(H,15,16). The maximum Gasteiger partial charge on any atom is 0.345 e. The van der Waals surface area contributed by atoms with Crippen molar-refractivity contribution in [2.45, 2.75) is 25.7 Å². The third-order valence-corrected chi connectivity index (χ3v) is 3.62. The molecule has 1 aliphatic heterocycles. The first-order valence-electron chi connectivity index (χ1n) is 5.75. The summed E-state index contributed by atoms with van der Waals surface area (Å²) in [6.07, 6.45) is 2.64. The van der Waals surface area contributed by atoms with E-state index < -0.39 is 11.9 Å². The Bertz CT molecular complexity index is 623. The van der Waals surface area contributed by atoms with E-state index in [2.05, 4.69) is 13.8 Å². The van der Waals surface area contributed by atoms with Crippen LogP contribution in [0.1, 0.15) is 52.1 Å². The van der Waals surface area contributed by atoms with Crippen LogP contribution in [0.2, 0.25) is 0 Å². The average Bonchev–Trinajstić information content (AvgIpc) is 2.63. The minimum atomic E-state index is -1.10. The van der Waals surface area contributed by atoms with Crippen LogP contribution >= 0.6 is 0 Å². The molecule has 92 valence electrons. The molecule has 0 aromatic heterocycles. The molecule has 0 unspecified atom stereocenters. The fourth-order valence-corrected chi connectivity index (χ4v) is 2.62. The van der Waals surface area contributed by atoms with E-state index in [1.807, 2.05) is 6.08 Å². The Morgan fingerprint density at radius 2 is 2.06 bits per heavy atom. The van der Waals surface area contributed by atoms with Gasteiger partial charge < -0.3 is 9.84 Å². The summed E-state index contributed by atoms with van der Waals surface area (Å²) in [5, 5.41) is 9.14. The van der Waals surface area contributed by atoms with Gasteiger partial charge in [0.25, 0.3) is 0 Å². The van der Waals surface area contributed by atoms with Gasteiger partial charge in [-0.1, -0.05) is 19.9 Å². The number of esters is 1. The number of benzene rings is 1. The molecular weight excluding hydrogens is 232 g/mol. The quantitative estimate of drug-likeness (QED) is 0.771. The van der Waals surface area contributed by atoms with E-state index in [0.717, 1.165) is 12.0 Å². The van der Waals surface area contributed by atoms with Crippen molar-refractivity contribution in [3.8, 4) is 0 Å². The Kier molecular flexibility index (Phi) is 1.97. The molecule has 18 heavy (non-hydrogen) atoms. The van der Waals surface area contributed by atoms with Crippen LogP contribution in [0, 0.1) is 0 Å². The van der Waals surface area contributed by atoms with Crippen LogP contribution in [0.25, 0.3) is 5.76 Å². The second kappa shape index (κ2) is 3.22. The molecule has 0 saturated carbocycles. The minimum absolute atomic E-state index is 0.0138. The first-order chi connectivity index (χ1) is 8.42. The summed E-state index contributed by atoms with van der Waals surface area (Å²) in [7, 11) is 0. The number of carboxylic acids is 1. The summed E-state index contributed by atoms with van der Waals surface area (Å²) in [6, 6.07) is 3.28. The van der Waals surface area contributed by atoms with Crippen LogP contribution in [0.3, 0.4) is 0 Å². The number of carboxylic acid groups (broad SMARTS) is 1. The maximum atomic E-state index is 11.8. The average molecular weight is 244 g/mol. The molecule has 0 saturated heterocycles. The first-order valence-corrected chi connectivity index (χ1v) is 5.75. The molecule has 0 amide bonds. The van der Waals surface area contributed by atoms with E-state index in [-0.39, 0.29) is 16.5 Å². The van der Waals surface area contributed by atoms with Crippen molar-refractivity contribution in [1.29, 1.82) is 0 Å². The van der Waals surface area contributed by atoms with Gasteiger partial charge in [0.1, 0.15) is 5.76 Å². The summed E-state index contributed by atoms with van der Waals surface area (Å²) in [5.41, 5.74) is 1.74. The number of rotatable bonds is 1. The van der Waals surface area contributed by atoms with E-state index in [9.17, 15) is 9.59 Å². The van der Waals surface area contributed by atoms with E-state index >= 15 is 0 Å². The zero-order valence-corrected chi connectivity index (χ0v) is 10.1. The molecule has 0 radical (unpaired) electrons. The highest BCUT2D eigenvalue weighted by Gasteiger charge is 2.40. The number of carbonyl (C=O) groups is 2. The summed E-state index contributed by atoms with van der Waals surface area (Å²) in [6.45, 7) is 4.14. The Labute approximate surface area is 104 Å². The van der Waals surface area contributed by atoms with Gasteiger partial charge in [0.15, 0.2) is 0 Å². The van der Waals surface area contributed by atoms with Crippen LogP contribution in [0.5, 0.6) is 0 Å². The van der Waals surface area contributed by atoms with Crippen molar-refractivity contribution in [1.82, 2.24) is 0 Å². The molecule has 0 spiro atoms. The summed E-state index contributed by atoms with van der Waals surface area (Å²) < 4.78 is 5.16.